The highest BCUT2D eigenvalue weighted by molar-refractivity contribution is 5.69. The monoisotopic (exact) mass is 521 g/mol. The third-order valence-corrected chi connectivity index (χ3v) is 8.54. The molecule has 9 heteroatoms. The molecule has 3 aliphatic rings. The first kappa shape index (κ1) is 24.1. The number of nitrogen functional groups attached to an aromatic ring is 1. The summed E-state index contributed by atoms with van der Waals surface area (Å²) in [4.78, 5) is 9.63. The van der Waals surface area contributed by atoms with Gasteiger partial charge < -0.3 is 16.0 Å². The quantitative estimate of drug-likeness (QED) is 0.393. The Labute approximate surface area is 229 Å². The summed E-state index contributed by atoms with van der Waals surface area (Å²) in [5.41, 5.74) is 13.0. The number of hydrogen-bond acceptors (Lipinski definition) is 8. The number of fused-ring (bicyclic) bond motifs is 3. The number of benzene rings is 2. The van der Waals surface area contributed by atoms with Gasteiger partial charge in [0.05, 0.1) is 5.69 Å². The van der Waals surface area contributed by atoms with Gasteiger partial charge in [0.1, 0.15) is 0 Å². The molecule has 0 radical (unpaired) electrons. The van der Waals surface area contributed by atoms with Crippen LogP contribution in [0.4, 0.5) is 23.3 Å². The topological polar surface area (TPSA) is 101 Å². The molecule has 0 bridgehead atoms. The molecule has 0 unspecified atom stereocenters. The predicted molar refractivity (Wildman–Crippen MR) is 155 cm³/mol. The molecule has 0 spiro atoms. The SMILES string of the molecule is Nc1nc(Nc2ccc(N3CCN(C4CCCCC4)CC3)cc2)nn1-c1cc2c(nn1)-c1ccccc1CC2. The van der Waals surface area contributed by atoms with E-state index in [1.165, 1.54) is 43.4 Å². The maximum atomic E-state index is 6.24. The van der Waals surface area contributed by atoms with E-state index < -0.39 is 0 Å². The molecular formula is C30H35N9. The Hall–Kier alpha value is -3.98. The molecule has 0 amide bonds. The van der Waals surface area contributed by atoms with Gasteiger partial charge >= 0.3 is 0 Å². The van der Waals surface area contributed by atoms with E-state index in [9.17, 15) is 0 Å². The minimum atomic E-state index is 0.274. The molecule has 2 fully saturated rings. The van der Waals surface area contributed by atoms with Crippen LogP contribution in [-0.4, -0.2) is 62.1 Å². The minimum absolute atomic E-state index is 0.274. The summed E-state index contributed by atoms with van der Waals surface area (Å²) in [7, 11) is 0. The Morgan fingerprint density at radius 3 is 2.41 bits per heavy atom. The number of aryl methyl sites for hydroxylation is 2. The highest BCUT2D eigenvalue weighted by Crippen LogP contribution is 2.32. The summed E-state index contributed by atoms with van der Waals surface area (Å²) in [6, 6.07) is 19.7. The molecule has 1 aliphatic heterocycles. The normalized spacial score (nSPS) is 18.0. The van der Waals surface area contributed by atoms with E-state index in [-0.39, 0.29) is 5.95 Å². The van der Waals surface area contributed by atoms with Crippen LogP contribution >= 0.6 is 0 Å². The summed E-state index contributed by atoms with van der Waals surface area (Å²) >= 11 is 0. The second kappa shape index (κ2) is 10.3. The number of nitrogens with one attached hydrogen (secondary N) is 1. The van der Waals surface area contributed by atoms with Gasteiger partial charge in [-0.3, -0.25) is 4.90 Å². The van der Waals surface area contributed by atoms with Gasteiger partial charge in [0.15, 0.2) is 5.82 Å². The molecule has 7 rings (SSSR count). The molecule has 3 N–H and O–H groups in total. The van der Waals surface area contributed by atoms with Crippen molar-refractivity contribution in [2.75, 3.05) is 42.1 Å². The highest BCUT2D eigenvalue weighted by atomic mass is 15.4. The number of aromatic nitrogens is 5. The lowest BCUT2D eigenvalue weighted by Crippen LogP contribution is -2.50. The van der Waals surface area contributed by atoms with Crippen molar-refractivity contribution in [3.63, 3.8) is 0 Å². The summed E-state index contributed by atoms with van der Waals surface area (Å²) in [6.45, 7) is 4.48. The molecule has 9 nitrogen and oxygen atoms in total. The maximum Gasteiger partial charge on any atom is 0.248 e. The van der Waals surface area contributed by atoms with E-state index in [2.05, 4.69) is 77.9 Å². The number of anilines is 4. The van der Waals surface area contributed by atoms with E-state index in [0.29, 0.717) is 11.8 Å². The van der Waals surface area contributed by atoms with Gasteiger partial charge in [-0.05, 0) is 67.1 Å². The van der Waals surface area contributed by atoms with Crippen molar-refractivity contribution < 1.29 is 0 Å². The fraction of sp³-hybridized carbons (Fsp3) is 0.400. The molecule has 39 heavy (non-hydrogen) atoms. The molecule has 2 aromatic carbocycles. The van der Waals surface area contributed by atoms with Crippen LogP contribution < -0.4 is 16.0 Å². The van der Waals surface area contributed by atoms with Gasteiger partial charge in [-0.15, -0.1) is 15.3 Å². The molecule has 3 heterocycles. The minimum Gasteiger partial charge on any atom is -0.369 e. The van der Waals surface area contributed by atoms with Crippen LogP contribution in [0.5, 0.6) is 0 Å². The summed E-state index contributed by atoms with van der Waals surface area (Å²) in [6.07, 6.45) is 8.86. The van der Waals surface area contributed by atoms with Gasteiger partial charge in [0, 0.05) is 49.2 Å². The van der Waals surface area contributed by atoms with Crippen LogP contribution in [0.1, 0.15) is 43.2 Å². The first-order valence-corrected chi connectivity index (χ1v) is 14.3. The Morgan fingerprint density at radius 2 is 1.59 bits per heavy atom. The number of nitrogens with two attached hydrogens (primary N) is 1. The number of rotatable bonds is 5. The largest absolute Gasteiger partial charge is 0.369 e. The predicted octanol–water partition coefficient (Wildman–Crippen LogP) is 4.60. The number of piperazine rings is 1. The Kier molecular flexibility index (Phi) is 6.36. The summed E-state index contributed by atoms with van der Waals surface area (Å²) in [5, 5.41) is 16.8. The fourth-order valence-corrected chi connectivity index (χ4v) is 6.40. The zero-order valence-electron chi connectivity index (χ0n) is 22.3. The van der Waals surface area contributed by atoms with E-state index >= 15 is 0 Å². The zero-order chi connectivity index (χ0) is 26.2. The van der Waals surface area contributed by atoms with Gasteiger partial charge in [-0.2, -0.15) is 9.67 Å². The lowest BCUT2D eigenvalue weighted by molar-refractivity contribution is 0.148. The lowest BCUT2D eigenvalue weighted by atomic mass is 9.89. The van der Waals surface area contributed by atoms with Gasteiger partial charge in [0.25, 0.3) is 0 Å². The fourth-order valence-electron chi connectivity index (χ4n) is 6.40. The van der Waals surface area contributed by atoms with Crippen molar-refractivity contribution >= 4 is 23.3 Å². The first-order chi connectivity index (χ1) is 19.2. The average molecular weight is 522 g/mol. The maximum absolute atomic E-state index is 6.24. The van der Waals surface area contributed by atoms with E-state index in [4.69, 9.17) is 5.73 Å². The zero-order valence-corrected chi connectivity index (χ0v) is 22.3. The van der Waals surface area contributed by atoms with Crippen molar-refractivity contribution in [3.8, 4) is 17.1 Å². The first-order valence-electron chi connectivity index (χ1n) is 14.3. The molecule has 2 aromatic heterocycles. The molecule has 1 saturated carbocycles. The van der Waals surface area contributed by atoms with Crippen LogP contribution in [0.2, 0.25) is 0 Å². The molecule has 0 atom stereocenters. The Bertz CT molecular complexity index is 1450. The molecule has 200 valence electrons. The Morgan fingerprint density at radius 1 is 0.821 bits per heavy atom. The van der Waals surface area contributed by atoms with E-state index in [1.54, 1.807) is 4.68 Å². The number of hydrogen-bond donors (Lipinski definition) is 2. The van der Waals surface area contributed by atoms with Crippen molar-refractivity contribution in [1.82, 2.24) is 29.9 Å². The van der Waals surface area contributed by atoms with Crippen LogP contribution in [0.25, 0.3) is 17.1 Å². The number of nitrogens with zero attached hydrogens (tertiary/aromatic N) is 7. The Balaban J connectivity index is 1.01. The third-order valence-electron chi connectivity index (χ3n) is 8.54. The molecule has 4 aromatic rings. The third kappa shape index (κ3) is 4.83. The molecule has 1 saturated heterocycles. The lowest BCUT2D eigenvalue weighted by Gasteiger charge is -2.41. The molecular weight excluding hydrogens is 486 g/mol. The van der Waals surface area contributed by atoms with Crippen molar-refractivity contribution in [2.24, 2.45) is 0 Å². The smallest absolute Gasteiger partial charge is 0.248 e. The second-order valence-corrected chi connectivity index (χ2v) is 10.9. The van der Waals surface area contributed by atoms with Gasteiger partial charge in [-0.25, -0.2) is 0 Å². The van der Waals surface area contributed by atoms with Crippen LogP contribution in [0, 0.1) is 0 Å². The van der Waals surface area contributed by atoms with E-state index in [0.717, 1.165) is 67.6 Å². The van der Waals surface area contributed by atoms with Gasteiger partial charge in [-0.1, -0.05) is 43.5 Å². The van der Waals surface area contributed by atoms with Crippen molar-refractivity contribution in [3.05, 3.63) is 65.7 Å². The summed E-state index contributed by atoms with van der Waals surface area (Å²) < 4.78 is 1.55. The molecule has 2 aliphatic carbocycles. The van der Waals surface area contributed by atoms with Crippen LogP contribution in [0.15, 0.2) is 54.6 Å². The van der Waals surface area contributed by atoms with E-state index in [1.807, 2.05) is 12.1 Å². The average Bonchev–Trinajstić information content (AvgIpc) is 3.37. The summed E-state index contributed by atoms with van der Waals surface area (Å²) in [5.74, 6) is 1.29. The van der Waals surface area contributed by atoms with Gasteiger partial charge in [0.2, 0.25) is 11.9 Å². The second-order valence-electron chi connectivity index (χ2n) is 10.9. The standard InChI is InChI=1S/C30H35N9/c31-29-33-30(36-39(29)27-20-22-11-10-21-6-4-5-9-26(21)28(22)35-34-27)32-23-12-14-25(15-13-23)38-18-16-37(17-19-38)24-7-2-1-3-8-24/h4-6,9,12-15,20,24H,1-3,7-8,10-11,16-19H2,(H3,31,32,33,36). The van der Waals surface area contributed by atoms with Crippen molar-refractivity contribution in [1.29, 1.82) is 0 Å². The highest BCUT2D eigenvalue weighted by Gasteiger charge is 2.25. The van der Waals surface area contributed by atoms with Crippen molar-refractivity contribution in [2.45, 2.75) is 51.0 Å². The van der Waals surface area contributed by atoms with Crippen LogP contribution in [0.3, 0.4) is 0 Å². The van der Waals surface area contributed by atoms with Crippen LogP contribution in [-0.2, 0) is 12.8 Å².